The Kier molecular flexibility index (Phi) is 4.83. The molecule has 0 radical (unpaired) electrons. The van der Waals surface area contributed by atoms with Crippen LogP contribution in [-0.2, 0) is 4.79 Å². The second kappa shape index (κ2) is 5.40. The lowest BCUT2D eigenvalue weighted by molar-refractivity contribution is -0.142. The van der Waals surface area contributed by atoms with E-state index in [0.717, 1.165) is 0 Å². The Labute approximate surface area is 70.9 Å². The number of urea groups is 1. The first-order valence-electron chi connectivity index (χ1n) is 3.84. The van der Waals surface area contributed by atoms with Gasteiger partial charge in [-0.2, -0.15) is 0 Å². The van der Waals surface area contributed by atoms with E-state index in [-0.39, 0.29) is 0 Å². The molecule has 5 nitrogen and oxygen atoms in total. The zero-order valence-electron chi connectivity index (χ0n) is 7.04. The van der Waals surface area contributed by atoms with Gasteiger partial charge in [-0.3, -0.25) is 4.79 Å². The molecule has 0 saturated heterocycles. The van der Waals surface area contributed by atoms with Gasteiger partial charge in [0.15, 0.2) is 0 Å². The third-order valence-corrected chi connectivity index (χ3v) is 1.63. The average Bonchev–Trinajstić information content (AvgIpc) is 1.96. The van der Waals surface area contributed by atoms with Gasteiger partial charge in [0, 0.05) is 6.54 Å². The summed E-state index contributed by atoms with van der Waals surface area (Å²) in [6, 6.07) is -0.616. The number of nitrogens with one attached hydrogen (secondary N) is 1. The normalized spacial score (nSPS) is 12.1. The Balaban J connectivity index is 3.59. The van der Waals surface area contributed by atoms with Crippen molar-refractivity contribution in [2.75, 3.05) is 6.54 Å². The third kappa shape index (κ3) is 4.54. The van der Waals surface area contributed by atoms with Crippen LogP contribution < -0.4 is 11.1 Å². The predicted molar refractivity (Wildman–Crippen MR) is 43.6 cm³/mol. The molecule has 5 heteroatoms. The molecule has 0 spiro atoms. The van der Waals surface area contributed by atoms with Crippen LogP contribution in [0.1, 0.15) is 19.8 Å². The lowest BCUT2D eigenvalue weighted by Crippen LogP contribution is -2.31. The number of carbonyl (C=O) groups is 2. The zero-order chi connectivity index (χ0) is 9.56. The van der Waals surface area contributed by atoms with E-state index in [2.05, 4.69) is 5.32 Å². The quantitative estimate of drug-likeness (QED) is 0.554. The molecule has 1 atom stereocenters. The summed E-state index contributed by atoms with van der Waals surface area (Å²) in [5.41, 5.74) is 4.80. The minimum atomic E-state index is -0.830. The van der Waals surface area contributed by atoms with Gasteiger partial charge in [0.2, 0.25) is 0 Å². The van der Waals surface area contributed by atoms with Crippen LogP contribution in [0.15, 0.2) is 0 Å². The topological polar surface area (TPSA) is 92.4 Å². The van der Waals surface area contributed by atoms with Crippen molar-refractivity contribution in [3.63, 3.8) is 0 Å². The van der Waals surface area contributed by atoms with Crippen LogP contribution in [0.3, 0.4) is 0 Å². The monoisotopic (exact) mass is 174 g/mol. The highest BCUT2D eigenvalue weighted by molar-refractivity contribution is 5.72. The van der Waals surface area contributed by atoms with Crippen molar-refractivity contribution in [3.05, 3.63) is 0 Å². The van der Waals surface area contributed by atoms with Gasteiger partial charge >= 0.3 is 12.0 Å². The summed E-state index contributed by atoms with van der Waals surface area (Å²) >= 11 is 0. The molecular weight excluding hydrogens is 160 g/mol. The first-order valence-corrected chi connectivity index (χ1v) is 3.84. The molecule has 0 fully saturated rings. The van der Waals surface area contributed by atoms with Crippen molar-refractivity contribution < 1.29 is 14.7 Å². The summed E-state index contributed by atoms with van der Waals surface area (Å²) in [6.45, 7) is 2.11. The molecule has 0 aromatic carbocycles. The van der Waals surface area contributed by atoms with Crippen LogP contribution in [0.25, 0.3) is 0 Å². The molecule has 0 aliphatic heterocycles. The fourth-order valence-corrected chi connectivity index (χ4v) is 0.872. The maximum atomic E-state index is 10.5. The Hall–Kier alpha value is -1.26. The molecule has 4 N–H and O–H groups in total. The summed E-state index contributed by atoms with van der Waals surface area (Å²) in [4.78, 5) is 20.7. The van der Waals surface area contributed by atoms with Crippen LogP contribution in [0.4, 0.5) is 4.79 Å². The van der Waals surface area contributed by atoms with Gasteiger partial charge in [0.25, 0.3) is 0 Å². The molecule has 0 rings (SSSR count). The molecule has 70 valence electrons. The van der Waals surface area contributed by atoms with E-state index >= 15 is 0 Å². The van der Waals surface area contributed by atoms with Crippen LogP contribution in [0.2, 0.25) is 0 Å². The third-order valence-electron chi connectivity index (χ3n) is 1.63. The minimum Gasteiger partial charge on any atom is -0.481 e. The number of carboxylic acid groups (broad SMARTS) is 1. The maximum absolute atomic E-state index is 10.5. The van der Waals surface area contributed by atoms with Crippen molar-refractivity contribution >= 4 is 12.0 Å². The predicted octanol–water partition coefficient (Wildman–Crippen LogP) is 0.156. The molecule has 0 bridgehead atoms. The lowest BCUT2D eigenvalue weighted by Gasteiger charge is -2.08. The van der Waals surface area contributed by atoms with E-state index in [1.54, 1.807) is 6.92 Å². The van der Waals surface area contributed by atoms with Crippen LogP contribution >= 0.6 is 0 Å². The second-order valence-electron chi connectivity index (χ2n) is 2.52. The molecule has 0 saturated carbocycles. The maximum Gasteiger partial charge on any atom is 0.312 e. The highest BCUT2D eigenvalue weighted by Gasteiger charge is 2.13. The van der Waals surface area contributed by atoms with E-state index in [9.17, 15) is 9.59 Å². The zero-order valence-corrected chi connectivity index (χ0v) is 7.04. The molecule has 0 aliphatic carbocycles. The fraction of sp³-hybridized carbons (Fsp3) is 0.714. The summed E-state index contributed by atoms with van der Waals surface area (Å²) in [5.74, 6) is -1.22. The van der Waals surface area contributed by atoms with Crippen molar-refractivity contribution in [2.24, 2.45) is 11.7 Å². The van der Waals surface area contributed by atoms with Crippen molar-refractivity contribution in [2.45, 2.75) is 19.8 Å². The van der Waals surface area contributed by atoms with Crippen LogP contribution in [0.5, 0.6) is 0 Å². The van der Waals surface area contributed by atoms with E-state index in [0.29, 0.717) is 19.4 Å². The highest BCUT2D eigenvalue weighted by Crippen LogP contribution is 2.06. The van der Waals surface area contributed by atoms with Gasteiger partial charge < -0.3 is 16.2 Å². The lowest BCUT2D eigenvalue weighted by atomic mass is 10.0. The molecule has 0 aromatic rings. The second-order valence-corrected chi connectivity index (χ2v) is 2.52. The molecular formula is C7H14N2O3. The number of amides is 2. The Morgan fingerprint density at radius 2 is 2.17 bits per heavy atom. The summed E-state index contributed by atoms with van der Waals surface area (Å²) in [7, 11) is 0. The molecule has 0 aliphatic rings. The number of hydrogen-bond acceptors (Lipinski definition) is 2. The molecule has 2 amide bonds. The molecule has 1 unspecified atom stereocenters. The number of nitrogens with two attached hydrogens (primary N) is 1. The van der Waals surface area contributed by atoms with Gasteiger partial charge in [-0.05, 0) is 12.8 Å². The van der Waals surface area contributed by atoms with E-state index in [1.807, 2.05) is 0 Å². The first kappa shape index (κ1) is 10.7. The van der Waals surface area contributed by atoms with Gasteiger partial charge in [-0.15, -0.1) is 0 Å². The van der Waals surface area contributed by atoms with E-state index in [1.165, 1.54) is 0 Å². The Morgan fingerprint density at radius 3 is 2.50 bits per heavy atom. The average molecular weight is 174 g/mol. The van der Waals surface area contributed by atoms with Crippen LogP contribution in [-0.4, -0.2) is 23.7 Å². The standard InChI is InChI=1S/C7H14N2O3/c1-2-5(6(10)11)3-4-9-7(8)12/h5H,2-4H2,1H3,(H,10,11)(H3,8,9,12). The molecule has 12 heavy (non-hydrogen) atoms. The number of carboxylic acids is 1. The smallest absolute Gasteiger partial charge is 0.312 e. The SMILES string of the molecule is CCC(CCNC(N)=O)C(=O)O. The Bertz CT molecular complexity index is 170. The molecule has 0 heterocycles. The number of hydrogen-bond donors (Lipinski definition) is 3. The first-order chi connectivity index (χ1) is 5.57. The number of primary amides is 1. The number of aliphatic carboxylic acids is 1. The summed E-state index contributed by atoms with van der Waals surface area (Å²) in [5, 5.41) is 10.9. The largest absolute Gasteiger partial charge is 0.481 e. The summed E-state index contributed by atoms with van der Waals surface area (Å²) in [6.07, 6.45) is 0.991. The Morgan fingerprint density at radius 1 is 1.58 bits per heavy atom. The van der Waals surface area contributed by atoms with Gasteiger partial charge in [-0.25, -0.2) is 4.79 Å². The highest BCUT2D eigenvalue weighted by atomic mass is 16.4. The van der Waals surface area contributed by atoms with Crippen molar-refractivity contribution in [1.82, 2.24) is 5.32 Å². The van der Waals surface area contributed by atoms with Gasteiger partial charge in [0.1, 0.15) is 0 Å². The van der Waals surface area contributed by atoms with Crippen LogP contribution in [0, 0.1) is 5.92 Å². The number of rotatable bonds is 5. The van der Waals surface area contributed by atoms with Gasteiger partial charge in [-0.1, -0.05) is 6.92 Å². The fourth-order valence-electron chi connectivity index (χ4n) is 0.872. The van der Waals surface area contributed by atoms with Crippen molar-refractivity contribution in [1.29, 1.82) is 0 Å². The molecule has 0 aromatic heterocycles. The van der Waals surface area contributed by atoms with E-state index < -0.39 is 17.9 Å². The summed E-state index contributed by atoms with van der Waals surface area (Å²) < 4.78 is 0. The van der Waals surface area contributed by atoms with E-state index in [4.69, 9.17) is 10.8 Å². The number of carbonyl (C=O) groups excluding carboxylic acids is 1. The van der Waals surface area contributed by atoms with Crippen molar-refractivity contribution in [3.8, 4) is 0 Å². The van der Waals surface area contributed by atoms with Gasteiger partial charge in [0.05, 0.1) is 5.92 Å². The minimum absolute atomic E-state index is 0.320.